The van der Waals surface area contributed by atoms with E-state index in [1.165, 1.54) is 12.1 Å². The van der Waals surface area contributed by atoms with Gasteiger partial charge in [-0.05, 0) is 36.6 Å². The van der Waals surface area contributed by atoms with Crippen LogP contribution in [-0.4, -0.2) is 27.5 Å². The molecule has 1 heterocycles. The molecule has 1 aromatic heterocycles. The first-order valence-corrected chi connectivity index (χ1v) is 7.76. The van der Waals surface area contributed by atoms with Gasteiger partial charge in [0.15, 0.2) is 12.0 Å². The quantitative estimate of drug-likeness (QED) is 0.545. The van der Waals surface area contributed by atoms with Crippen molar-refractivity contribution in [3.8, 4) is 16.9 Å². The Balaban J connectivity index is 2.21. The maximum Gasteiger partial charge on any atom is 0.172 e. The molecule has 0 aliphatic heterocycles. The third-order valence-electron chi connectivity index (χ3n) is 3.20. The minimum atomic E-state index is -0.375. The highest BCUT2D eigenvalue weighted by molar-refractivity contribution is 7.98. The van der Waals surface area contributed by atoms with Crippen LogP contribution in [0.1, 0.15) is 10.5 Å². The highest BCUT2D eigenvalue weighted by Gasteiger charge is 2.16. The minimum Gasteiger partial charge on any atom is -0.296 e. The monoisotopic (exact) mass is 313 g/mol. The molecule has 6 heteroatoms. The van der Waals surface area contributed by atoms with E-state index in [2.05, 4.69) is 10.3 Å². The van der Waals surface area contributed by atoms with Gasteiger partial charge >= 0.3 is 0 Å². The average Bonchev–Trinajstić information content (AvgIpc) is 2.99. The number of thioether (sulfide) groups is 1. The lowest BCUT2D eigenvalue weighted by molar-refractivity contribution is 0.111. The molecule has 110 valence electrons. The van der Waals surface area contributed by atoms with E-state index in [9.17, 15) is 9.18 Å². The lowest BCUT2D eigenvalue weighted by atomic mass is 10.1. The van der Waals surface area contributed by atoms with Gasteiger partial charge in [0.05, 0.1) is 5.69 Å². The van der Waals surface area contributed by atoms with Crippen LogP contribution in [0.4, 0.5) is 4.39 Å². The van der Waals surface area contributed by atoms with E-state index in [0.29, 0.717) is 17.5 Å². The topological polar surface area (TPSA) is 47.8 Å². The number of rotatable bonds is 4. The van der Waals surface area contributed by atoms with Crippen molar-refractivity contribution in [2.45, 2.75) is 4.90 Å². The summed E-state index contributed by atoms with van der Waals surface area (Å²) in [5.41, 5.74) is 1.99. The summed E-state index contributed by atoms with van der Waals surface area (Å²) in [6.07, 6.45) is 2.60. The number of hydrogen-bond acceptors (Lipinski definition) is 4. The molecule has 3 aromatic rings. The standard InChI is InChI=1S/C16H12FN3OS/c1-22-14-7-3-6-13(9-14)20-16(15(10-21)18-19-20)11-4-2-5-12(17)8-11/h2-10H,1H3. The molecule has 0 radical (unpaired) electrons. The maximum atomic E-state index is 13.5. The molecular weight excluding hydrogens is 301 g/mol. The number of carbonyl (C=O) groups excluding carboxylic acids is 1. The molecule has 0 amide bonds. The normalized spacial score (nSPS) is 10.6. The van der Waals surface area contributed by atoms with Gasteiger partial charge in [-0.2, -0.15) is 0 Å². The Labute approximate surface area is 131 Å². The number of hydrogen-bond donors (Lipinski definition) is 0. The van der Waals surface area contributed by atoms with Crippen LogP contribution < -0.4 is 0 Å². The summed E-state index contributed by atoms with van der Waals surface area (Å²) in [7, 11) is 0. The van der Waals surface area contributed by atoms with Crippen LogP contribution in [0.3, 0.4) is 0 Å². The second-order valence-electron chi connectivity index (χ2n) is 4.56. The zero-order chi connectivity index (χ0) is 15.5. The summed E-state index contributed by atoms with van der Waals surface area (Å²) < 4.78 is 15.1. The van der Waals surface area contributed by atoms with Crippen molar-refractivity contribution < 1.29 is 9.18 Å². The number of benzene rings is 2. The van der Waals surface area contributed by atoms with Crippen LogP contribution in [0.25, 0.3) is 16.9 Å². The fraction of sp³-hybridized carbons (Fsp3) is 0.0625. The van der Waals surface area contributed by atoms with Crippen molar-refractivity contribution in [2.75, 3.05) is 6.26 Å². The van der Waals surface area contributed by atoms with Crippen LogP contribution >= 0.6 is 11.8 Å². The van der Waals surface area contributed by atoms with Gasteiger partial charge in [-0.3, -0.25) is 4.79 Å². The lowest BCUT2D eigenvalue weighted by Gasteiger charge is -2.08. The molecule has 0 aliphatic rings. The van der Waals surface area contributed by atoms with Crippen LogP contribution in [0.2, 0.25) is 0 Å². The van der Waals surface area contributed by atoms with Crippen molar-refractivity contribution in [1.29, 1.82) is 0 Å². The molecular formula is C16H12FN3OS. The molecule has 0 bridgehead atoms. The lowest BCUT2D eigenvalue weighted by Crippen LogP contribution is -2.00. The van der Waals surface area contributed by atoms with E-state index in [0.717, 1.165) is 10.6 Å². The van der Waals surface area contributed by atoms with Gasteiger partial charge in [-0.25, -0.2) is 9.07 Å². The molecule has 22 heavy (non-hydrogen) atoms. The van der Waals surface area contributed by atoms with Crippen molar-refractivity contribution >= 4 is 18.0 Å². The summed E-state index contributed by atoms with van der Waals surface area (Å²) >= 11 is 1.60. The van der Waals surface area contributed by atoms with Gasteiger partial charge in [-0.1, -0.05) is 23.4 Å². The van der Waals surface area contributed by atoms with Gasteiger partial charge in [0.1, 0.15) is 11.5 Å². The molecule has 4 nitrogen and oxygen atoms in total. The van der Waals surface area contributed by atoms with Crippen molar-refractivity contribution in [3.63, 3.8) is 0 Å². The van der Waals surface area contributed by atoms with E-state index in [1.54, 1.807) is 28.6 Å². The molecule has 0 aliphatic carbocycles. The third-order valence-corrected chi connectivity index (χ3v) is 3.93. The van der Waals surface area contributed by atoms with Gasteiger partial charge < -0.3 is 0 Å². The average molecular weight is 313 g/mol. The van der Waals surface area contributed by atoms with Gasteiger partial charge in [-0.15, -0.1) is 16.9 Å². The van der Waals surface area contributed by atoms with Crippen molar-refractivity contribution in [3.05, 3.63) is 60.0 Å². The largest absolute Gasteiger partial charge is 0.296 e. The van der Waals surface area contributed by atoms with E-state index in [-0.39, 0.29) is 11.5 Å². The van der Waals surface area contributed by atoms with Crippen LogP contribution in [-0.2, 0) is 0 Å². The SMILES string of the molecule is CSc1cccc(-n2nnc(C=O)c2-c2cccc(F)c2)c1. The molecule has 0 atom stereocenters. The number of carbonyl (C=O) groups is 1. The molecule has 0 unspecified atom stereocenters. The van der Waals surface area contributed by atoms with E-state index in [4.69, 9.17) is 0 Å². The minimum absolute atomic E-state index is 0.181. The first kappa shape index (κ1) is 14.5. The number of halogens is 1. The van der Waals surface area contributed by atoms with Crippen LogP contribution in [0, 0.1) is 5.82 Å². The number of nitrogens with zero attached hydrogens (tertiary/aromatic N) is 3. The Kier molecular flexibility index (Phi) is 4.02. The Hall–Kier alpha value is -2.47. The highest BCUT2D eigenvalue weighted by Crippen LogP contribution is 2.26. The van der Waals surface area contributed by atoms with Crippen molar-refractivity contribution in [2.24, 2.45) is 0 Å². The first-order chi connectivity index (χ1) is 10.7. The zero-order valence-electron chi connectivity index (χ0n) is 11.7. The van der Waals surface area contributed by atoms with Gasteiger partial charge in [0, 0.05) is 10.5 Å². The van der Waals surface area contributed by atoms with Gasteiger partial charge in [0.25, 0.3) is 0 Å². The summed E-state index contributed by atoms with van der Waals surface area (Å²) in [6.45, 7) is 0. The molecule has 0 saturated carbocycles. The summed E-state index contributed by atoms with van der Waals surface area (Å²) in [6, 6.07) is 13.7. The van der Waals surface area contributed by atoms with Crippen molar-refractivity contribution in [1.82, 2.24) is 15.0 Å². The fourth-order valence-corrected chi connectivity index (χ4v) is 2.66. The Bertz CT molecular complexity index is 832. The molecule has 2 aromatic carbocycles. The van der Waals surface area contributed by atoms with E-state index in [1.807, 2.05) is 30.5 Å². The molecule has 0 N–H and O–H groups in total. The van der Waals surface area contributed by atoms with E-state index >= 15 is 0 Å². The van der Waals surface area contributed by atoms with Crippen LogP contribution in [0.15, 0.2) is 53.4 Å². The second kappa shape index (κ2) is 6.11. The highest BCUT2D eigenvalue weighted by atomic mass is 32.2. The summed E-state index contributed by atoms with van der Waals surface area (Å²) in [5.74, 6) is -0.375. The fourth-order valence-electron chi connectivity index (χ4n) is 2.20. The smallest absolute Gasteiger partial charge is 0.172 e. The Morgan fingerprint density at radius 2 is 2.00 bits per heavy atom. The molecule has 0 saturated heterocycles. The van der Waals surface area contributed by atoms with E-state index < -0.39 is 0 Å². The van der Waals surface area contributed by atoms with Gasteiger partial charge in [0.2, 0.25) is 0 Å². The second-order valence-corrected chi connectivity index (χ2v) is 5.44. The van der Waals surface area contributed by atoms with Crippen LogP contribution in [0.5, 0.6) is 0 Å². The number of aldehydes is 1. The molecule has 0 fully saturated rings. The Morgan fingerprint density at radius 1 is 1.18 bits per heavy atom. The number of aromatic nitrogens is 3. The maximum absolute atomic E-state index is 13.5. The zero-order valence-corrected chi connectivity index (χ0v) is 12.5. The summed E-state index contributed by atoms with van der Waals surface area (Å²) in [4.78, 5) is 12.3. The predicted molar refractivity (Wildman–Crippen MR) is 83.9 cm³/mol. The third kappa shape index (κ3) is 2.65. The predicted octanol–water partition coefficient (Wildman–Crippen LogP) is 3.61. The Morgan fingerprint density at radius 3 is 2.73 bits per heavy atom. The first-order valence-electron chi connectivity index (χ1n) is 6.54. The molecule has 3 rings (SSSR count). The summed E-state index contributed by atoms with van der Waals surface area (Å²) in [5, 5.41) is 7.93. The molecule has 0 spiro atoms.